The molecule has 0 bridgehead atoms. The summed E-state index contributed by atoms with van der Waals surface area (Å²) in [4.78, 5) is 2.33. The van der Waals surface area contributed by atoms with Crippen LogP contribution in [0.25, 0.3) is 0 Å². The van der Waals surface area contributed by atoms with E-state index in [9.17, 15) is 0 Å². The summed E-state index contributed by atoms with van der Waals surface area (Å²) < 4.78 is 5.45. The number of rotatable bonds is 3. The Bertz CT molecular complexity index is 353. The highest BCUT2D eigenvalue weighted by molar-refractivity contribution is 5.40. The molecule has 4 nitrogen and oxygen atoms in total. The van der Waals surface area contributed by atoms with E-state index in [1.165, 1.54) is 5.56 Å². The normalized spacial score (nSPS) is 23.5. The maximum atomic E-state index is 9.13. The number of aliphatic hydroxyl groups excluding tert-OH is 1. The largest absolute Gasteiger partial charge is 0.399 e. The topological polar surface area (TPSA) is 58.7 Å². The minimum atomic E-state index is -0.0556. The SMILES string of the molecule is CC(c1ccc(N)cc1)N1CCOC(CO)C1. The molecule has 0 aliphatic carbocycles. The van der Waals surface area contributed by atoms with Crippen LogP contribution < -0.4 is 5.73 Å². The lowest BCUT2D eigenvalue weighted by Gasteiger charge is -2.36. The van der Waals surface area contributed by atoms with Gasteiger partial charge in [0.2, 0.25) is 0 Å². The van der Waals surface area contributed by atoms with Crippen molar-refractivity contribution in [3.8, 4) is 0 Å². The van der Waals surface area contributed by atoms with Crippen LogP contribution in [0.1, 0.15) is 18.5 Å². The minimum Gasteiger partial charge on any atom is -0.399 e. The predicted molar refractivity (Wildman–Crippen MR) is 67.7 cm³/mol. The van der Waals surface area contributed by atoms with Crippen LogP contribution in [0.5, 0.6) is 0 Å². The van der Waals surface area contributed by atoms with Crippen LogP contribution in [0.3, 0.4) is 0 Å². The molecule has 0 spiro atoms. The van der Waals surface area contributed by atoms with Gasteiger partial charge in [0.15, 0.2) is 0 Å². The van der Waals surface area contributed by atoms with Gasteiger partial charge in [-0.1, -0.05) is 12.1 Å². The number of nitrogens with two attached hydrogens (primary N) is 1. The summed E-state index contributed by atoms with van der Waals surface area (Å²) in [5.41, 5.74) is 7.72. The molecule has 17 heavy (non-hydrogen) atoms. The lowest BCUT2D eigenvalue weighted by atomic mass is 10.1. The number of ether oxygens (including phenoxy) is 1. The Morgan fingerprint density at radius 3 is 2.82 bits per heavy atom. The lowest BCUT2D eigenvalue weighted by Crippen LogP contribution is -2.44. The number of anilines is 1. The molecule has 4 heteroatoms. The van der Waals surface area contributed by atoms with E-state index in [-0.39, 0.29) is 12.7 Å². The van der Waals surface area contributed by atoms with E-state index in [1.807, 2.05) is 12.1 Å². The molecular formula is C13H20N2O2. The molecule has 1 saturated heterocycles. The van der Waals surface area contributed by atoms with E-state index in [2.05, 4.69) is 24.0 Å². The summed E-state index contributed by atoms with van der Waals surface area (Å²) in [6, 6.07) is 8.30. The lowest BCUT2D eigenvalue weighted by molar-refractivity contribution is -0.0633. The third-order valence-corrected chi connectivity index (χ3v) is 3.34. The van der Waals surface area contributed by atoms with E-state index in [4.69, 9.17) is 15.6 Å². The molecule has 1 fully saturated rings. The molecule has 0 saturated carbocycles. The first-order valence-corrected chi connectivity index (χ1v) is 6.02. The van der Waals surface area contributed by atoms with Crippen molar-refractivity contribution in [1.29, 1.82) is 0 Å². The van der Waals surface area contributed by atoms with Crippen LogP contribution in [0, 0.1) is 0 Å². The van der Waals surface area contributed by atoms with E-state index < -0.39 is 0 Å². The number of hydrogen-bond donors (Lipinski definition) is 2. The van der Waals surface area contributed by atoms with Crippen molar-refractivity contribution in [2.45, 2.75) is 19.1 Å². The molecule has 2 atom stereocenters. The van der Waals surface area contributed by atoms with E-state index in [1.54, 1.807) is 0 Å². The molecule has 0 radical (unpaired) electrons. The number of nitrogen functional groups attached to an aromatic ring is 1. The van der Waals surface area contributed by atoms with Gasteiger partial charge in [-0.3, -0.25) is 4.90 Å². The second-order valence-electron chi connectivity index (χ2n) is 4.51. The summed E-state index contributed by atoms with van der Waals surface area (Å²) in [7, 11) is 0. The third kappa shape index (κ3) is 2.97. The van der Waals surface area contributed by atoms with Crippen LogP contribution in [0.4, 0.5) is 5.69 Å². The average Bonchev–Trinajstić information content (AvgIpc) is 2.39. The third-order valence-electron chi connectivity index (χ3n) is 3.34. The van der Waals surface area contributed by atoms with Crippen LogP contribution in [-0.4, -0.2) is 42.4 Å². The number of hydrogen-bond acceptors (Lipinski definition) is 4. The van der Waals surface area contributed by atoms with Crippen LogP contribution in [0.15, 0.2) is 24.3 Å². The van der Waals surface area contributed by atoms with Gasteiger partial charge in [-0.25, -0.2) is 0 Å². The van der Waals surface area contributed by atoms with Crippen LogP contribution >= 0.6 is 0 Å². The van der Waals surface area contributed by atoms with E-state index >= 15 is 0 Å². The molecule has 94 valence electrons. The number of benzene rings is 1. The summed E-state index contributed by atoms with van der Waals surface area (Å²) in [5, 5.41) is 9.13. The highest BCUT2D eigenvalue weighted by atomic mass is 16.5. The first-order valence-electron chi connectivity index (χ1n) is 6.02. The fourth-order valence-corrected chi connectivity index (χ4v) is 2.19. The maximum Gasteiger partial charge on any atom is 0.0933 e. The predicted octanol–water partition coefficient (Wildman–Crippen LogP) is 1.02. The number of nitrogens with zero attached hydrogens (tertiary/aromatic N) is 1. The minimum absolute atomic E-state index is 0.0556. The van der Waals surface area contributed by atoms with Gasteiger partial charge in [0.25, 0.3) is 0 Å². The van der Waals surface area contributed by atoms with Gasteiger partial charge in [-0.15, -0.1) is 0 Å². The first kappa shape index (κ1) is 12.4. The second kappa shape index (κ2) is 5.49. The van der Waals surface area contributed by atoms with Crippen molar-refractivity contribution in [2.24, 2.45) is 0 Å². The van der Waals surface area contributed by atoms with Crippen LogP contribution in [-0.2, 0) is 4.74 Å². The molecule has 3 N–H and O–H groups in total. The maximum absolute atomic E-state index is 9.13. The summed E-state index contributed by atoms with van der Waals surface area (Å²) in [6.07, 6.45) is -0.0556. The molecule has 1 aromatic carbocycles. The summed E-state index contributed by atoms with van der Waals surface area (Å²) in [6.45, 7) is 4.63. The molecule has 1 aromatic rings. The Labute approximate surface area is 102 Å². The van der Waals surface area contributed by atoms with Gasteiger partial charge < -0.3 is 15.6 Å². The van der Waals surface area contributed by atoms with E-state index in [0.717, 1.165) is 18.8 Å². The van der Waals surface area contributed by atoms with E-state index in [0.29, 0.717) is 12.6 Å². The van der Waals surface area contributed by atoms with Gasteiger partial charge in [0, 0.05) is 24.8 Å². The Hall–Kier alpha value is -1.10. The zero-order valence-electron chi connectivity index (χ0n) is 10.2. The van der Waals surface area contributed by atoms with Crippen molar-refractivity contribution in [1.82, 2.24) is 4.90 Å². The molecule has 1 heterocycles. The number of morpholine rings is 1. The average molecular weight is 236 g/mol. The van der Waals surface area contributed by atoms with Crippen molar-refractivity contribution in [2.75, 3.05) is 32.0 Å². The standard InChI is InChI=1S/C13H20N2O2/c1-10(11-2-4-12(14)5-3-11)15-6-7-17-13(8-15)9-16/h2-5,10,13,16H,6-9,14H2,1H3. The highest BCUT2D eigenvalue weighted by Crippen LogP contribution is 2.23. The zero-order valence-corrected chi connectivity index (χ0v) is 10.2. The number of aliphatic hydroxyl groups is 1. The van der Waals surface area contributed by atoms with Gasteiger partial charge in [0.1, 0.15) is 0 Å². The Kier molecular flexibility index (Phi) is 3.99. The Morgan fingerprint density at radius 2 is 2.18 bits per heavy atom. The summed E-state index contributed by atoms with van der Waals surface area (Å²) >= 11 is 0. The highest BCUT2D eigenvalue weighted by Gasteiger charge is 2.24. The smallest absolute Gasteiger partial charge is 0.0933 e. The monoisotopic (exact) mass is 236 g/mol. The first-order chi connectivity index (χ1) is 8.20. The van der Waals surface area contributed by atoms with Crippen molar-refractivity contribution in [3.05, 3.63) is 29.8 Å². The molecule has 1 aliphatic rings. The molecular weight excluding hydrogens is 216 g/mol. The molecule has 0 aromatic heterocycles. The second-order valence-corrected chi connectivity index (χ2v) is 4.51. The molecule has 2 unspecified atom stereocenters. The van der Waals surface area contributed by atoms with Crippen molar-refractivity contribution in [3.63, 3.8) is 0 Å². The van der Waals surface area contributed by atoms with Gasteiger partial charge in [-0.05, 0) is 24.6 Å². The summed E-state index contributed by atoms with van der Waals surface area (Å²) in [5.74, 6) is 0. The van der Waals surface area contributed by atoms with Crippen molar-refractivity contribution >= 4 is 5.69 Å². The van der Waals surface area contributed by atoms with Crippen molar-refractivity contribution < 1.29 is 9.84 Å². The fraction of sp³-hybridized carbons (Fsp3) is 0.538. The Morgan fingerprint density at radius 1 is 1.47 bits per heavy atom. The Balaban J connectivity index is 2.03. The molecule has 0 amide bonds. The quantitative estimate of drug-likeness (QED) is 0.769. The van der Waals surface area contributed by atoms with Crippen LogP contribution in [0.2, 0.25) is 0 Å². The van der Waals surface area contributed by atoms with Gasteiger partial charge >= 0.3 is 0 Å². The zero-order chi connectivity index (χ0) is 12.3. The van der Waals surface area contributed by atoms with Gasteiger partial charge in [-0.2, -0.15) is 0 Å². The fourth-order valence-electron chi connectivity index (χ4n) is 2.19. The molecule has 1 aliphatic heterocycles. The van der Waals surface area contributed by atoms with Gasteiger partial charge in [0.05, 0.1) is 19.3 Å². The molecule has 2 rings (SSSR count).